The fraction of sp³-hybridized carbons (Fsp3) is 0.286. The van der Waals surface area contributed by atoms with E-state index >= 15 is 0 Å². The van der Waals surface area contributed by atoms with Crippen LogP contribution in [0.3, 0.4) is 0 Å². The predicted octanol–water partition coefficient (Wildman–Crippen LogP) is 1.58. The fourth-order valence-corrected chi connectivity index (χ4v) is 1.84. The molecule has 2 N–H and O–H groups in total. The predicted molar refractivity (Wildman–Crippen MR) is 75.0 cm³/mol. The number of anilines is 1. The summed E-state index contributed by atoms with van der Waals surface area (Å²) in [6, 6.07) is 11.8. The maximum atomic E-state index is 5.50. The van der Waals surface area contributed by atoms with Crippen molar-refractivity contribution >= 4 is 5.82 Å². The van der Waals surface area contributed by atoms with Crippen LogP contribution in [0.25, 0.3) is 0 Å². The Morgan fingerprint density at radius 1 is 1.16 bits per heavy atom. The van der Waals surface area contributed by atoms with Crippen LogP contribution in [0.15, 0.2) is 36.4 Å². The summed E-state index contributed by atoms with van der Waals surface area (Å²) in [5, 5.41) is 8.21. The molecule has 2 aromatic rings. The molecule has 0 bridgehead atoms. The first-order valence-corrected chi connectivity index (χ1v) is 6.10. The highest BCUT2D eigenvalue weighted by Gasteiger charge is 2.08. The quantitative estimate of drug-likeness (QED) is 0.882. The fourth-order valence-electron chi connectivity index (χ4n) is 1.84. The van der Waals surface area contributed by atoms with Crippen LogP contribution >= 0.6 is 0 Å². The van der Waals surface area contributed by atoms with E-state index in [9.17, 15) is 0 Å². The summed E-state index contributed by atoms with van der Waals surface area (Å²) in [7, 11) is 3.65. The Kier molecular flexibility index (Phi) is 4.30. The highest BCUT2D eigenvalue weighted by atomic mass is 16.5. The van der Waals surface area contributed by atoms with Crippen molar-refractivity contribution in [2.24, 2.45) is 5.73 Å². The lowest BCUT2D eigenvalue weighted by Gasteiger charge is -2.19. The maximum absolute atomic E-state index is 5.50. The Hall–Kier alpha value is -2.14. The van der Waals surface area contributed by atoms with E-state index < -0.39 is 0 Å². The highest BCUT2D eigenvalue weighted by Crippen LogP contribution is 2.20. The van der Waals surface area contributed by atoms with Crippen molar-refractivity contribution in [2.45, 2.75) is 13.1 Å². The van der Waals surface area contributed by atoms with Gasteiger partial charge in [-0.25, -0.2) is 0 Å². The number of ether oxygens (including phenoxy) is 1. The first kappa shape index (κ1) is 13.3. The van der Waals surface area contributed by atoms with Crippen LogP contribution in [0.4, 0.5) is 5.82 Å². The maximum Gasteiger partial charge on any atom is 0.151 e. The average Bonchev–Trinajstić information content (AvgIpc) is 2.48. The number of rotatable bonds is 5. The number of hydrogen-bond donors (Lipinski definition) is 1. The van der Waals surface area contributed by atoms with E-state index in [-0.39, 0.29) is 0 Å². The van der Waals surface area contributed by atoms with E-state index in [1.165, 1.54) is 0 Å². The zero-order chi connectivity index (χ0) is 13.7. The van der Waals surface area contributed by atoms with Crippen LogP contribution < -0.4 is 15.4 Å². The molecule has 0 fully saturated rings. The summed E-state index contributed by atoms with van der Waals surface area (Å²) in [5.74, 6) is 1.68. The molecule has 0 atom stereocenters. The first-order chi connectivity index (χ1) is 9.24. The highest BCUT2D eigenvalue weighted by molar-refractivity contribution is 5.41. The van der Waals surface area contributed by atoms with Crippen molar-refractivity contribution in [3.63, 3.8) is 0 Å². The molecule has 5 heteroatoms. The van der Waals surface area contributed by atoms with Gasteiger partial charge in [-0.1, -0.05) is 18.2 Å². The molecule has 0 radical (unpaired) electrons. The monoisotopic (exact) mass is 258 g/mol. The SMILES string of the molecule is COc1ccccc1CN(C)c1ccc(CN)nn1. The molecular formula is C14H18N4O. The van der Waals surface area contributed by atoms with Gasteiger partial charge in [0.15, 0.2) is 5.82 Å². The van der Waals surface area contributed by atoms with Crippen molar-refractivity contribution in [3.8, 4) is 5.75 Å². The molecule has 0 aliphatic rings. The van der Waals surface area contributed by atoms with Gasteiger partial charge in [0.25, 0.3) is 0 Å². The lowest BCUT2D eigenvalue weighted by atomic mass is 10.2. The van der Waals surface area contributed by atoms with Crippen molar-refractivity contribution in [3.05, 3.63) is 47.7 Å². The number of para-hydroxylation sites is 1. The van der Waals surface area contributed by atoms with Gasteiger partial charge < -0.3 is 15.4 Å². The van der Waals surface area contributed by atoms with Gasteiger partial charge in [0, 0.05) is 25.7 Å². The number of aromatic nitrogens is 2. The van der Waals surface area contributed by atoms with E-state index in [2.05, 4.69) is 10.2 Å². The summed E-state index contributed by atoms with van der Waals surface area (Å²) in [4.78, 5) is 2.02. The molecule has 5 nitrogen and oxygen atoms in total. The molecular weight excluding hydrogens is 240 g/mol. The Morgan fingerprint density at radius 3 is 2.58 bits per heavy atom. The smallest absolute Gasteiger partial charge is 0.151 e. The van der Waals surface area contributed by atoms with E-state index in [0.717, 1.165) is 22.8 Å². The van der Waals surface area contributed by atoms with Crippen molar-refractivity contribution in [1.82, 2.24) is 10.2 Å². The molecule has 2 rings (SSSR count). The van der Waals surface area contributed by atoms with E-state index in [1.807, 2.05) is 48.3 Å². The van der Waals surface area contributed by atoms with E-state index in [0.29, 0.717) is 13.1 Å². The largest absolute Gasteiger partial charge is 0.496 e. The lowest BCUT2D eigenvalue weighted by Crippen LogP contribution is -2.19. The zero-order valence-electron chi connectivity index (χ0n) is 11.2. The van der Waals surface area contributed by atoms with Crippen molar-refractivity contribution < 1.29 is 4.74 Å². The van der Waals surface area contributed by atoms with Crippen molar-refractivity contribution in [2.75, 3.05) is 19.1 Å². The molecule has 0 unspecified atom stereocenters. The Bertz CT molecular complexity index is 527. The molecule has 0 saturated carbocycles. The molecule has 1 aromatic heterocycles. The van der Waals surface area contributed by atoms with Crippen LogP contribution in [-0.2, 0) is 13.1 Å². The Labute approximate surface area is 113 Å². The Morgan fingerprint density at radius 2 is 1.95 bits per heavy atom. The third-order valence-electron chi connectivity index (χ3n) is 2.91. The molecule has 0 aliphatic heterocycles. The van der Waals surface area contributed by atoms with Crippen LogP contribution in [0.5, 0.6) is 5.75 Å². The summed E-state index contributed by atoms with van der Waals surface area (Å²) >= 11 is 0. The van der Waals surface area contributed by atoms with Gasteiger partial charge in [-0.15, -0.1) is 5.10 Å². The second-order valence-corrected chi connectivity index (χ2v) is 4.25. The third-order valence-corrected chi connectivity index (χ3v) is 2.91. The molecule has 1 aromatic carbocycles. The average molecular weight is 258 g/mol. The number of benzene rings is 1. The number of nitrogens with two attached hydrogens (primary N) is 1. The lowest BCUT2D eigenvalue weighted by molar-refractivity contribution is 0.409. The van der Waals surface area contributed by atoms with Gasteiger partial charge in [0.05, 0.1) is 12.8 Å². The third kappa shape index (κ3) is 3.20. The summed E-state index contributed by atoms with van der Waals surface area (Å²) in [6.45, 7) is 1.12. The van der Waals surface area contributed by atoms with Gasteiger partial charge >= 0.3 is 0 Å². The number of hydrogen-bond acceptors (Lipinski definition) is 5. The minimum Gasteiger partial charge on any atom is -0.496 e. The standard InChI is InChI=1S/C14H18N4O/c1-18(14-8-7-12(9-15)16-17-14)10-11-5-3-4-6-13(11)19-2/h3-8H,9-10,15H2,1-2H3. The van der Waals surface area contributed by atoms with Crippen molar-refractivity contribution in [1.29, 1.82) is 0 Å². The van der Waals surface area contributed by atoms with Gasteiger partial charge in [-0.2, -0.15) is 5.10 Å². The van der Waals surface area contributed by atoms with Gasteiger partial charge in [0.1, 0.15) is 5.75 Å². The molecule has 19 heavy (non-hydrogen) atoms. The summed E-state index contributed by atoms with van der Waals surface area (Å²) in [6.07, 6.45) is 0. The second-order valence-electron chi connectivity index (χ2n) is 4.25. The van der Waals surface area contributed by atoms with Gasteiger partial charge in [-0.05, 0) is 18.2 Å². The summed E-state index contributed by atoms with van der Waals surface area (Å²) in [5.41, 5.74) is 7.40. The Balaban J connectivity index is 2.13. The van der Waals surface area contributed by atoms with Crippen LogP contribution in [0.2, 0.25) is 0 Å². The van der Waals surface area contributed by atoms with Crippen LogP contribution in [0, 0.1) is 0 Å². The van der Waals surface area contributed by atoms with Crippen LogP contribution in [0.1, 0.15) is 11.3 Å². The number of nitrogens with zero attached hydrogens (tertiary/aromatic N) is 3. The van der Waals surface area contributed by atoms with Gasteiger partial charge in [0.2, 0.25) is 0 Å². The molecule has 1 heterocycles. The normalized spacial score (nSPS) is 10.3. The molecule has 0 aliphatic carbocycles. The summed E-state index contributed by atoms with van der Waals surface area (Å²) < 4.78 is 5.34. The minimum atomic E-state index is 0.406. The first-order valence-electron chi connectivity index (χ1n) is 6.10. The van der Waals surface area contributed by atoms with E-state index in [4.69, 9.17) is 10.5 Å². The number of methoxy groups -OCH3 is 1. The molecule has 0 spiro atoms. The molecule has 100 valence electrons. The zero-order valence-corrected chi connectivity index (χ0v) is 11.2. The minimum absolute atomic E-state index is 0.406. The van der Waals surface area contributed by atoms with Crippen LogP contribution in [-0.4, -0.2) is 24.4 Å². The second kappa shape index (κ2) is 6.15. The van der Waals surface area contributed by atoms with Gasteiger partial charge in [-0.3, -0.25) is 0 Å². The topological polar surface area (TPSA) is 64.3 Å². The van der Waals surface area contributed by atoms with E-state index in [1.54, 1.807) is 7.11 Å². The molecule has 0 saturated heterocycles. The molecule has 0 amide bonds.